The summed E-state index contributed by atoms with van der Waals surface area (Å²) in [5, 5.41) is 27.9. The molecule has 3 aromatic rings. The molecule has 0 saturated heterocycles. The first-order valence-electron chi connectivity index (χ1n) is 9.71. The number of benzene rings is 2. The number of hydrogen-bond acceptors (Lipinski definition) is 6. The molecule has 2 atom stereocenters. The van der Waals surface area contributed by atoms with E-state index in [2.05, 4.69) is 15.8 Å². The minimum atomic E-state index is -0.565. The number of aliphatic hydroxyl groups is 1. The van der Waals surface area contributed by atoms with E-state index in [-0.39, 0.29) is 18.6 Å². The van der Waals surface area contributed by atoms with Crippen molar-refractivity contribution >= 4 is 5.91 Å². The van der Waals surface area contributed by atoms with Crippen LogP contribution >= 0.6 is 0 Å². The number of carbonyl (C=O) groups is 1. The fraction of sp³-hybridized carbons (Fsp3) is 0.261. The summed E-state index contributed by atoms with van der Waals surface area (Å²) < 4.78 is 5.50. The van der Waals surface area contributed by atoms with Crippen molar-refractivity contribution in [3.05, 3.63) is 65.7 Å². The summed E-state index contributed by atoms with van der Waals surface area (Å²) in [4.78, 5) is 12.2. The van der Waals surface area contributed by atoms with Crippen LogP contribution in [0.25, 0.3) is 22.6 Å². The van der Waals surface area contributed by atoms with E-state index in [1.165, 1.54) is 0 Å². The smallest absolute Gasteiger partial charge is 0.252 e. The zero-order valence-corrected chi connectivity index (χ0v) is 16.9. The largest absolute Gasteiger partial charge is 0.395 e. The lowest BCUT2D eigenvalue weighted by Crippen LogP contribution is -2.31. The summed E-state index contributed by atoms with van der Waals surface area (Å²) in [6.07, 6.45) is 0. The van der Waals surface area contributed by atoms with Gasteiger partial charge in [-0.3, -0.25) is 4.79 Å². The summed E-state index contributed by atoms with van der Waals surface area (Å²) >= 11 is 0. The lowest BCUT2D eigenvalue weighted by Gasteiger charge is -2.10. The monoisotopic (exact) mass is 404 g/mol. The van der Waals surface area contributed by atoms with Gasteiger partial charge in [0.25, 0.3) is 5.91 Å². The molecule has 1 amide bonds. The second-order valence-electron chi connectivity index (χ2n) is 7.14. The van der Waals surface area contributed by atoms with Gasteiger partial charge >= 0.3 is 0 Å². The molecule has 3 rings (SSSR count). The Labute approximate surface area is 175 Å². The average Bonchev–Trinajstić information content (AvgIpc) is 3.28. The molecule has 0 aliphatic heterocycles. The molecule has 2 aromatic carbocycles. The minimum absolute atomic E-state index is 0.0440. The number of aliphatic hydroxyl groups excluding tert-OH is 1. The van der Waals surface area contributed by atoms with Crippen LogP contribution in [0.3, 0.4) is 0 Å². The maximum Gasteiger partial charge on any atom is 0.252 e. The lowest BCUT2D eigenvalue weighted by atomic mass is 10.1. The van der Waals surface area contributed by atoms with Crippen LogP contribution < -0.4 is 10.6 Å². The normalized spacial score (nSPS) is 12.7. The minimum Gasteiger partial charge on any atom is -0.395 e. The number of hydrogen-bond donors (Lipinski definition) is 3. The molecule has 7 heteroatoms. The zero-order valence-electron chi connectivity index (χ0n) is 16.9. The highest BCUT2D eigenvalue weighted by Gasteiger charge is 2.13. The summed E-state index contributed by atoms with van der Waals surface area (Å²) in [7, 11) is 0. The second-order valence-corrected chi connectivity index (χ2v) is 7.14. The first-order valence-corrected chi connectivity index (χ1v) is 9.71. The number of carbonyl (C=O) groups excluding carboxylic acids is 1. The maximum atomic E-state index is 12.2. The van der Waals surface area contributed by atoms with Crippen LogP contribution in [0.2, 0.25) is 0 Å². The van der Waals surface area contributed by atoms with Crippen molar-refractivity contribution in [3.8, 4) is 28.7 Å². The van der Waals surface area contributed by atoms with Crippen molar-refractivity contribution in [3.63, 3.8) is 0 Å². The van der Waals surface area contributed by atoms with Gasteiger partial charge in [0.15, 0.2) is 5.76 Å². The molecule has 0 aliphatic rings. The fourth-order valence-electron chi connectivity index (χ4n) is 2.82. The van der Waals surface area contributed by atoms with Crippen LogP contribution in [0.1, 0.15) is 29.8 Å². The highest BCUT2D eigenvalue weighted by Crippen LogP contribution is 2.27. The standard InChI is InChI=1S/C23H24N4O3/c1-15(12-24)26-23(29)20-5-3-4-19(10-20)21-11-22(30-27-21)18-8-6-17(7-9-18)13-25-16(2)14-28/h3-11,15-16,25,28H,13-14H2,1-2H3,(H,26,29)/t15?,16-/m1/s1. The molecule has 1 heterocycles. The molecule has 0 aliphatic carbocycles. The number of nitriles is 1. The van der Waals surface area contributed by atoms with Crippen LogP contribution in [-0.4, -0.2) is 34.9 Å². The molecule has 0 radical (unpaired) electrons. The molecular weight excluding hydrogens is 380 g/mol. The van der Waals surface area contributed by atoms with E-state index in [0.29, 0.717) is 23.6 Å². The number of nitrogens with one attached hydrogen (secondary N) is 2. The summed E-state index contributed by atoms with van der Waals surface area (Å²) in [5.74, 6) is 0.315. The number of rotatable bonds is 8. The van der Waals surface area contributed by atoms with Gasteiger partial charge in [-0.1, -0.05) is 41.6 Å². The molecule has 0 bridgehead atoms. The molecule has 154 valence electrons. The molecule has 0 saturated carbocycles. The topological polar surface area (TPSA) is 111 Å². The number of amides is 1. The van der Waals surface area contributed by atoms with E-state index in [9.17, 15) is 4.79 Å². The molecule has 0 spiro atoms. The van der Waals surface area contributed by atoms with Crippen LogP contribution in [0, 0.1) is 11.3 Å². The van der Waals surface area contributed by atoms with Crippen molar-refractivity contribution < 1.29 is 14.4 Å². The predicted molar refractivity (Wildman–Crippen MR) is 113 cm³/mol. The summed E-state index contributed by atoms with van der Waals surface area (Å²) in [5.41, 5.74) is 3.82. The van der Waals surface area contributed by atoms with E-state index in [0.717, 1.165) is 16.7 Å². The molecule has 30 heavy (non-hydrogen) atoms. The van der Waals surface area contributed by atoms with E-state index < -0.39 is 6.04 Å². The summed E-state index contributed by atoms with van der Waals surface area (Å²) in [6.45, 7) is 4.31. The third-order valence-electron chi connectivity index (χ3n) is 4.64. The van der Waals surface area contributed by atoms with E-state index in [1.54, 1.807) is 25.1 Å². The van der Waals surface area contributed by atoms with Crippen LogP contribution in [-0.2, 0) is 6.54 Å². The van der Waals surface area contributed by atoms with Crippen molar-refractivity contribution in [2.45, 2.75) is 32.5 Å². The first-order chi connectivity index (χ1) is 14.5. The Morgan fingerprint density at radius 3 is 2.63 bits per heavy atom. The van der Waals surface area contributed by atoms with Crippen LogP contribution in [0.15, 0.2) is 59.1 Å². The number of aromatic nitrogens is 1. The predicted octanol–water partition coefficient (Wildman–Crippen LogP) is 3.12. The Bertz CT molecular complexity index is 1040. The SMILES string of the molecule is CC(C#N)NC(=O)c1cccc(-c2cc(-c3ccc(CN[C@H](C)CO)cc3)on2)c1. The van der Waals surface area contributed by atoms with Gasteiger partial charge in [0, 0.05) is 35.3 Å². The van der Waals surface area contributed by atoms with Crippen LogP contribution in [0.4, 0.5) is 0 Å². The molecule has 7 nitrogen and oxygen atoms in total. The molecular formula is C23H24N4O3. The van der Waals surface area contributed by atoms with Gasteiger partial charge in [0.05, 0.1) is 12.7 Å². The zero-order chi connectivity index (χ0) is 21.5. The first kappa shape index (κ1) is 21.2. The van der Waals surface area contributed by atoms with E-state index in [4.69, 9.17) is 14.9 Å². The van der Waals surface area contributed by atoms with Gasteiger partial charge < -0.3 is 20.3 Å². The molecule has 3 N–H and O–H groups in total. The average molecular weight is 404 g/mol. The molecule has 1 unspecified atom stereocenters. The molecule has 1 aromatic heterocycles. The van der Waals surface area contributed by atoms with Gasteiger partial charge in [-0.15, -0.1) is 0 Å². The highest BCUT2D eigenvalue weighted by molar-refractivity contribution is 5.95. The quantitative estimate of drug-likeness (QED) is 0.532. The Hall–Kier alpha value is -3.47. The third-order valence-corrected chi connectivity index (χ3v) is 4.64. The maximum absolute atomic E-state index is 12.2. The Balaban J connectivity index is 1.73. The Morgan fingerprint density at radius 1 is 1.17 bits per heavy atom. The van der Waals surface area contributed by atoms with E-state index in [1.807, 2.05) is 49.4 Å². The Kier molecular flexibility index (Phi) is 6.96. The third kappa shape index (κ3) is 5.32. The van der Waals surface area contributed by atoms with Gasteiger partial charge in [-0.2, -0.15) is 5.26 Å². The fourth-order valence-corrected chi connectivity index (χ4v) is 2.82. The Morgan fingerprint density at radius 2 is 1.93 bits per heavy atom. The summed E-state index contributed by atoms with van der Waals surface area (Å²) in [6, 6.07) is 18.2. The van der Waals surface area contributed by atoms with Gasteiger partial charge in [-0.25, -0.2) is 0 Å². The van der Waals surface area contributed by atoms with Crippen molar-refractivity contribution in [1.82, 2.24) is 15.8 Å². The van der Waals surface area contributed by atoms with Gasteiger partial charge in [0.1, 0.15) is 11.7 Å². The van der Waals surface area contributed by atoms with Gasteiger partial charge in [0.2, 0.25) is 0 Å². The van der Waals surface area contributed by atoms with E-state index >= 15 is 0 Å². The molecule has 0 fully saturated rings. The number of nitrogens with zero attached hydrogens (tertiary/aromatic N) is 2. The lowest BCUT2D eigenvalue weighted by molar-refractivity contribution is 0.0948. The van der Waals surface area contributed by atoms with Crippen molar-refractivity contribution in [2.24, 2.45) is 0 Å². The van der Waals surface area contributed by atoms with Crippen LogP contribution in [0.5, 0.6) is 0 Å². The highest BCUT2D eigenvalue weighted by atomic mass is 16.5. The second kappa shape index (κ2) is 9.83. The van der Waals surface area contributed by atoms with Gasteiger partial charge in [-0.05, 0) is 31.5 Å². The van der Waals surface area contributed by atoms with Crippen molar-refractivity contribution in [1.29, 1.82) is 5.26 Å². The van der Waals surface area contributed by atoms with Crippen molar-refractivity contribution in [2.75, 3.05) is 6.61 Å².